The number of rotatable bonds is 2. The maximum absolute atomic E-state index is 7.50. The Morgan fingerprint density at radius 1 is 1.58 bits per heavy atom. The molecule has 0 amide bonds. The van der Waals surface area contributed by atoms with Gasteiger partial charge in [0, 0.05) is 24.7 Å². The number of likely N-dealkylation sites (tertiary alicyclic amines) is 1. The van der Waals surface area contributed by atoms with E-state index in [-0.39, 0.29) is 0 Å². The van der Waals surface area contributed by atoms with E-state index in [1.165, 1.54) is 0 Å². The Hall–Kier alpha value is -1.12. The van der Waals surface area contributed by atoms with Gasteiger partial charge in [-0.2, -0.15) is 0 Å². The molecule has 66 valence electrons. The minimum atomic E-state index is 0.352. The van der Waals surface area contributed by atoms with Crippen LogP contribution in [0.3, 0.4) is 0 Å². The largest absolute Gasteiger partial charge is 0.356 e. The molecule has 12 heavy (non-hydrogen) atoms. The highest BCUT2D eigenvalue weighted by atomic mass is 15.2. The SMILES string of the molecule is C=CC(=N)N1CC[C@H](C(C)=N)C1. The molecule has 0 saturated carbocycles. The summed E-state index contributed by atoms with van der Waals surface area (Å²) in [4.78, 5) is 1.97. The zero-order chi connectivity index (χ0) is 9.14. The quantitative estimate of drug-likeness (QED) is 0.473. The van der Waals surface area contributed by atoms with Gasteiger partial charge in [0.15, 0.2) is 0 Å². The van der Waals surface area contributed by atoms with Crippen molar-refractivity contribution in [2.24, 2.45) is 5.92 Å². The number of amidine groups is 1. The molecule has 2 N–H and O–H groups in total. The average Bonchev–Trinajstić information content (AvgIpc) is 2.51. The molecule has 1 atom stereocenters. The van der Waals surface area contributed by atoms with Crippen LogP contribution in [0.1, 0.15) is 13.3 Å². The van der Waals surface area contributed by atoms with Crippen LogP contribution in [-0.2, 0) is 0 Å². The van der Waals surface area contributed by atoms with Crippen molar-refractivity contribution in [2.45, 2.75) is 13.3 Å². The molecule has 1 rings (SSSR count). The van der Waals surface area contributed by atoms with Gasteiger partial charge in [-0.25, -0.2) is 0 Å². The van der Waals surface area contributed by atoms with Crippen LogP contribution >= 0.6 is 0 Å². The van der Waals surface area contributed by atoms with Crippen LogP contribution in [0.15, 0.2) is 12.7 Å². The zero-order valence-electron chi connectivity index (χ0n) is 7.43. The molecular formula is C9H15N3. The van der Waals surface area contributed by atoms with Gasteiger partial charge in [-0.05, 0) is 19.4 Å². The van der Waals surface area contributed by atoms with E-state index < -0.39 is 0 Å². The Bertz CT molecular complexity index is 220. The van der Waals surface area contributed by atoms with Gasteiger partial charge >= 0.3 is 0 Å². The molecule has 1 heterocycles. The fourth-order valence-electron chi connectivity index (χ4n) is 1.46. The van der Waals surface area contributed by atoms with Crippen molar-refractivity contribution in [2.75, 3.05) is 13.1 Å². The summed E-state index contributed by atoms with van der Waals surface area (Å²) >= 11 is 0. The molecule has 1 saturated heterocycles. The molecule has 0 radical (unpaired) electrons. The molecule has 0 bridgehead atoms. The third-order valence-corrected chi connectivity index (χ3v) is 2.33. The number of nitrogens with one attached hydrogen (secondary N) is 2. The molecule has 0 spiro atoms. The second-order valence-corrected chi connectivity index (χ2v) is 3.20. The molecule has 0 aromatic carbocycles. The van der Waals surface area contributed by atoms with E-state index in [4.69, 9.17) is 10.8 Å². The van der Waals surface area contributed by atoms with Crippen LogP contribution in [0.4, 0.5) is 0 Å². The van der Waals surface area contributed by atoms with Crippen LogP contribution in [0.25, 0.3) is 0 Å². The lowest BCUT2D eigenvalue weighted by Crippen LogP contribution is -2.27. The summed E-state index contributed by atoms with van der Waals surface area (Å²) in [5.41, 5.74) is 0.731. The Labute approximate surface area is 73.1 Å². The van der Waals surface area contributed by atoms with E-state index in [9.17, 15) is 0 Å². The first-order valence-corrected chi connectivity index (χ1v) is 4.16. The van der Waals surface area contributed by atoms with Gasteiger partial charge in [0.2, 0.25) is 0 Å². The lowest BCUT2D eigenvalue weighted by atomic mass is 10.0. The van der Waals surface area contributed by atoms with Crippen LogP contribution in [0.2, 0.25) is 0 Å². The summed E-state index contributed by atoms with van der Waals surface area (Å²) in [5.74, 6) is 0.837. The first kappa shape index (κ1) is 8.97. The first-order chi connectivity index (χ1) is 5.65. The van der Waals surface area contributed by atoms with Gasteiger partial charge in [0.1, 0.15) is 5.84 Å². The number of nitrogens with zero attached hydrogens (tertiary/aromatic N) is 1. The molecule has 0 unspecified atom stereocenters. The van der Waals surface area contributed by atoms with Crippen molar-refractivity contribution in [1.82, 2.24) is 4.90 Å². The summed E-state index contributed by atoms with van der Waals surface area (Å²) in [5, 5.41) is 15.0. The minimum absolute atomic E-state index is 0.352. The highest BCUT2D eigenvalue weighted by Crippen LogP contribution is 2.17. The van der Waals surface area contributed by atoms with Crippen molar-refractivity contribution in [3.05, 3.63) is 12.7 Å². The molecule has 0 aliphatic carbocycles. The normalized spacial score (nSPS) is 22.4. The first-order valence-electron chi connectivity index (χ1n) is 4.16. The summed E-state index contributed by atoms with van der Waals surface area (Å²) in [6, 6.07) is 0. The maximum Gasteiger partial charge on any atom is 0.120 e. The van der Waals surface area contributed by atoms with E-state index in [1.807, 2.05) is 11.8 Å². The van der Waals surface area contributed by atoms with Crippen LogP contribution in [0, 0.1) is 16.7 Å². The number of hydrogen-bond donors (Lipinski definition) is 2. The molecule has 1 fully saturated rings. The van der Waals surface area contributed by atoms with Crippen LogP contribution in [0.5, 0.6) is 0 Å². The Balaban J connectivity index is 2.50. The molecule has 0 aromatic heterocycles. The average molecular weight is 165 g/mol. The van der Waals surface area contributed by atoms with Crippen LogP contribution in [-0.4, -0.2) is 29.5 Å². The van der Waals surface area contributed by atoms with Gasteiger partial charge < -0.3 is 10.3 Å². The van der Waals surface area contributed by atoms with Gasteiger partial charge in [0.25, 0.3) is 0 Å². The second kappa shape index (κ2) is 3.52. The third kappa shape index (κ3) is 1.72. The summed E-state index contributed by atoms with van der Waals surface area (Å²) < 4.78 is 0. The standard InChI is InChI=1S/C9H15N3/c1-3-9(11)12-5-4-8(6-12)7(2)10/h3,8,10-11H,1,4-6H2,2H3/t8-/m0/s1. The summed E-state index contributed by atoms with van der Waals surface area (Å²) in [6.07, 6.45) is 2.56. The maximum atomic E-state index is 7.50. The predicted molar refractivity (Wildman–Crippen MR) is 51.0 cm³/mol. The fraction of sp³-hybridized carbons (Fsp3) is 0.556. The molecule has 3 heteroatoms. The Morgan fingerprint density at radius 2 is 2.25 bits per heavy atom. The lowest BCUT2D eigenvalue weighted by molar-refractivity contribution is 0.509. The van der Waals surface area contributed by atoms with E-state index in [0.717, 1.165) is 25.2 Å². The van der Waals surface area contributed by atoms with Crippen molar-refractivity contribution in [3.63, 3.8) is 0 Å². The second-order valence-electron chi connectivity index (χ2n) is 3.20. The fourth-order valence-corrected chi connectivity index (χ4v) is 1.46. The zero-order valence-corrected chi connectivity index (χ0v) is 7.43. The van der Waals surface area contributed by atoms with Gasteiger partial charge in [-0.3, -0.25) is 5.41 Å². The topological polar surface area (TPSA) is 50.9 Å². The molecule has 0 aromatic rings. The van der Waals surface area contributed by atoms with Crippen molar-refractivity contribution >= 4 is 11.5 Å². The third-order valence-electron chi connectivity index (χ3n) is 2.33. The van der Waals surface area contributed by atoms with E-state index in [0.29, 0.717) is 11.8 Å². The molecule has 3 nitrogen and oxygen atoms in total. The Morgan fingerprint density at radius 3 is 2.67 bits per heavy atom. The van der Waals surface area contributed by atoms with Crippen molar-refractivity contribution in [1.29, 1.82) is 10.8 Å². The Kier molecular flexibility index (Phi) is 2.63. The number of hydrogen-bond acceptors (Lipinski definition) is 2. The minimum Gasteiger partial charge on any atom is -0.356 e. The van der Waals surface area contributed by atoms with Crippen molar-refractivity contribution in [3.8, 4) is 0 Å². The van der Waals surface area contributed by atoms with Gasteiger partial charge in [0.05, 0.1) is 0 Å². The summed E-state index contributed by atoms with van der Waals surface area (Å²) in [7, 11) is 0. The molecule has 1 aliphatic heterocycles. The molecule has 1 aliphatic rings. The van der Waals surface area contributed by atoms with E-state index in [2.05, 4.69) is 6.58 Å². The van der Waals surface area contributed by atoms with Crippen molar-refractivity contribution < 1.29 is 0 Å². The smallest absolute Gasteiger partial charge is 0.120 e. The highest BCUT2D eigenvalue weighted by Gasteiger charge is 2.24. The summed E-state index contributed by atoms with van der Waals surface area (Å²) in [6.45, 7) is 7.11. The predicted octanol–water partition coefficient (Wildman–Crippen LogP) is 1.51. The lowest BCUT2D eigenvalue weighted by Gasteiger charge is -2.16. The van der Waals surface area contributed by atoms with Gasteiger partial charge in [-0.1, -0.05) is 6.58 Å². The van der Waals surface area contributed by atoms with E-state index >= 15 is 0 Å². The van der Waals surface area contributed by atoms with Gasteiger partial charge in [-0.15, -0.1) is 0 Å². The monoisotopic (exact) mass is 165 g/mol. The highest BCUT2D eigenvalue weighted by molar-refractivity contribution is 5.91. The van der Waals surface area contributed by atoms with Crippen LogP contribution < -0.4 is 0 Å². The van der Waals surface area contributed by atoms with E-state index in [1.54, 1.807) is 6.08 Å². The molecular weight excluding hydrogens is 150 g/mol.